The van der Waals surface area contributed by atoms with E-state index >= 15 is 0 Å². The molecule has 1 aromatic carbocycles. The Hall–Kier alpha value is -3.43. The molecule has 4 aromatic heterocycles. The van der Waals surface area contributed by atoms with E-state index in [1.165, 1.54) is 17.7 Å². The second-order valence-corrected chi connectivity index (χ2v) is 7.99. The first-order chi connectivity index (χ1) is 14.6. The number of pyridine rings is 1. The second kappa shape index (κ2) is 7.43. The highest BCUT2D eigenvalue weighted by Gasteiger charge is 2.15. The van der Waals surface area contributed by atoms with Crippen molar-refractivity contribution in [2.45, 2.75) is 6.61 Å². The van der Waals surface area contributed by atoms with Crippen LogP contribution in [0.2, 0.25) is 5.02 Å². The Morgan fingerprint density at radius 2 is 2.07 bits per heavy atom. The number of rotatable bonds is 5. The molecule has 0 unspecified atom stereocenters. The number of nitrogens with zero attached hydrogens (tertiary/aromatic N) is 5. The maximum atomic E-state index is 6.32. The highest BCUT2D eigenvalue weighted by atomic mass is 35.5. The fraction of sp³-hybridized carbons (Fsp3) is 0.100. The van der Waals surface area contributed by atoms with E-state index in [-0.39, 0.29) is 0 Å². The third kappa shape index (κ3) is 3.27. The van der Waals surface area contributed by atoms with Gasteiger partial charge in [-0.15, -0.1) is 0 Å². The van der Waals surface area contributed by atoms with E-state index < -0.39 is 0 Å². The van der Waals surface area contributed by atoms with Crippen LogP contribution in [-0.4, -0.2) is 31.6 Å². The van der Waals surface area contributed by atoms with Crippen LogP contribution in [0.4, 0.5) is 11.6 Å². The molecule has 3 N–H and O–H groups in total. The molecule has 0 amide bonds. The summed E-state index contributed by atoms with van der Waals surface area (Å²) in [5, 5.41) is 6.91. The van der Waals surface area contributed by atoms with Crippen molar-refractivity contribution in [1.29, 1.82) is 0 Å². The molecule has 10 heteroatoms. The number of fused-ring (bicyclic) bond motifs is 2. The first kappa shape index (κ1) is 18.6. The zero-order valence-electron chi connectivity index (χ0n) is 15.8. The van der Waals surface area contributed by atoms with Crippen molar-refractivity contribution in [3.8, 4) is 10.8 Å². The number of anilines is 2. The zero-order chi connectivity index (χ0) is 20.7. The summed E-state index contributed by atoms with van der Waals surface area (Å²) < 4.78 is 7.80. The molecule has 0 aliphatic rings. The minimum absolute atomic E-state index is 0.339. The average molecular weight is 438 g/mol. The number of nitrogen functional groups attached to an aromatic ring is 1. The van der Waals surface area contributed by atoms with Crippen molar-refractivity contribution in [2.75, 3.05) is 18.1 Å². The Kier molecular flexibility index (Phi) is 4.61. The number of aromatic nitrogens is 5. The standard InChI is InChI=1S/C20H16ClN7OS/c1-23-15-5-3-11-2-4-12(6-14(11)27-15)29-9-16-24-7-17(30-16)28-8-13(21)18-19(22)25-10-26-20(18)28/h2-8,10H,9H2,1H3,(H,23,27)(H2,22,25,26). The molecule has 150 valence electrons. The number of hydrogen-bond donors (Lipinski definition) is 2. The summed E-state index contributed by atoms with van der Waals surface area (Å²) in [6, 6.07) is 9.80. The molecule has 0 fully saturated rings. The maximum Gasteiger partial charge on any atom is 0.152 e. The van der Waals surface area contributed by atoms with Gasteiger partial charge < -0.3 is 15.8 Å². The van der Waals surface area contributed by atoms with Gasteiger partial charge in [0.25, 0.3) is 0 Å². The van der Waals surface area contributed by atoms with Crippen LogP contribution < -0.4 is 15.8 Å². The van der Waals surface area contributed by atoms with E-state index in [2.05, 4.69) is 25.3 Å². The Morgan fingerprint density at radius 3 is 2.93 bits per heavy atom. The minimum Gasteiger partial charge on any atom is -0.486 e. The van der Waals surface area contributed by atoms with Gasteiger partial charge in [0.2, 0.25) is 0 Å². The van der Waals surface area contributed by atoms with Gasteiger partial charge in [0.05, 0.1) is 22.1 Å². The van der Waals surface area contributed by atoms with Gasteiger partial charge in [0.1, 0.15) is 40.3 Å². The smallest absolute Gasteiger partial charge is 0.152 e. The lowest BCUT2D eigenvalue weighted by molar-refractivity contribution is 0.306. The normalized spacial score (nSPS) is 11.3. The predicted molar refractivity (Wildman–Crippen MR) is 120 cm³/mol. The molecule has 0 radical (unpaired) electrons. The first-order valence-electron chi connectivity index (χ1n) is 9.06. The SMILES string of the molecule is CNc1ccc2ccc(OCc3ncc(-n4cc(Cl)c5c(N)ncnc54)s3)cc2n1. The molecule has 30 heavy (non-hydrogen) atoms. The summed E-state index contributed by atoms with van der Waals surface area (Å²) in [7, 11) is 1.84. The van der Waals surface area contributed by atoms with Crippen LogP contribution in [0.5, 0.6) is 5.75 Å². The molecular formula is C20H16ClN7OS. The molecule has 5 rings (SSSR count). The molecule has 0 aliphatic heterocycles. The first-order valence-corrected chi connectivity index (χ1v) is 10.3. The van der Waals surface area contributed by atoms with Gasteiger partial charge in [-0.1, -0.05) is 22.9 Å². The Bertz CT molecular complexity index is 1380. The van der Waals surface area contributed by atoms with Crippen LogP contribution in [-0.2, 0) is 6.61 Å². The van der Waals surface area contributed by atoms with Crippen LogP contribution in [0.3, 0.4) is 0 Å². The Balaban J connectivity index is 1.38. The topological polar surface area (TPSA) is 104 Å². The molecule has 4 heterocycles. The van der Waals surface area contributed by atoms with Crippen molar-refractivity contribution in [2.24, 2.45) is 0 Å². The highest BCUT2D eigenvalue weighted by Crippen LogP contribution is 2.32. The largest absolute Gasteiger partial charge is 0.486 e. The van der Waals surface area contributed by atoms with E-state index in [0.29, 0.717) is 28.5 Å². The van der Waals surface area contributed by atoms with Gasteiger partial charge in [0, 0.05) is 24.7 Å². The zero-order valence-corrected chi connectivity index (χ0v) is 17.4. The third-order valence-corrected chi connectivity index (χ3v) is 5.88. The third-order valence-electron chi connectivity index (χ3n) is 4.63. The van der Waals surface area contributed by atoms with Gasteiger partial charge >= 0.3 is 0 Å². The maximum absolute atomic E-state index is 6.32. The molecule has 0 spiro atoms. The van der Waals surface area contributed by atoms with Crippen LogP contribution >= 0.6 is 22.9 Å². The van der Waals surface area contributed by atoms with Gasteiger partial charge in [-0.3, -0.25) is 4.57 Å². The number of hydrogen-bond acceptors (Lipinski definition) is 8. The lowest BCUT2D eigenvalue weighted by Crippen LogP contribution is -1.96. The lowest BCUT2D eigenvalue weighted by Gasteiger charge is -2.06. The summed E-state index contributed by atoms with van der Waals surface area (Å²) in [6.07, 6.45) is 4.95. The van der Waals surface area contributed by atoms with Crippen molar-refractivity contribution in [3.63, 3.8) is 0 Å². The fourth-order valence-electron chi connectivity index (χ4n) is 3.16. The average Bonchev–Trinajstić information content (AvgIpc) is 3.36. The molecular weight excluding hydrogens is 422 g/mol. The van der Waals surface area contributed by atoms with Gasteiger partial charge in [-0.25, -0.2) is 19.9 Å². The van der Waals surface area contributed by atoms with Crippen molar-refractivity contribution < 1.29 is 4.74 Å². The molecule has 0 atom stereocenters. The quantitative estimate of drug-likeness (QED) is 0.422. The summed E-state index contributed by atoms with van der Waals surface area (Å²) in [4.78, 5) is 17.3. The van der Waals surface area contributed by atoms with Gasteiger partial charge in [-0.2, -0.15) is 0 Å². The van der Waals surface area contributed by atoms with Crippen molar-refractivity contribution >= 4 is 56.5 Å². The second-order valence-electron chi connectivity index (χ2n) is 6.49. The molecule has 0 saturated heterocycles. The molecule has 0 bridgehead atoms. The van der Waals surface area contributed by atoms with Crippen LogP contribution in [0, 0.1) is 0 Å². The number of nitrogens with two attached hydrogens (primary N) is 1. The van der Waals surface area contributed by atoms with E-state index in [1.54, 1.807) is 12.4 Å². The number of nitrogens with one attached hydrogen (secondary N) is 1. The van der Waals surface area contributed by atoms with Crippen LogP contribution in [0.1, 0.15) is 5.01 Å². The van der Waals surface area contributed by atoms with Crippen molar-refractivity contribution in [1.82, 2.24) is 24.5 Å². The monoisotopic (exact) mass is 437 g/mol. The van der Waals surface area contributed by atoms with E-state index in [9.17, 15) is 0 Å². The number of halogens is 1. The summed E-state index contributed by atoms with van der Waals surface area (Å²) in [6.45, 7) is 0.339. The molecule has 0 saturated carbocycles. The summed E-state index contributed by atoms with van der Waals surface area (Å²) in [5.41, 5.74) is 7.44. The Labute approximate surface area is 180 Å². The number of ether oxygens (including phenoxy) is 1. The van der Waals surface area contributed by atoms with Crippen LogP contribution in [0.15, 0.2) is 49.1 Å². The van der Waals surface area contributed by atoms with E-state index in [0.717, 1.165) is 32.5 Å². The lowest BCUT2D eigenvalue weighted by atomic mass is 10.2. The predicted octanol–water partition coefficient (Wildman–Crippen LogP) is 4.28. The highest BCUT2D eigenvalue weighted by molar-refractivity contribution is 7.14. The molecule has 5 aromatic rings. The fourth-order valence-corrected chi connectivity index (χ4v) is 4.24. The van der Waals surface area contributed by atoms with Gasteiger partial charge in [0.15, 0.2) is 5.65 Å². The van der Waals surface area contributed by atoms with E-state index in [4.69, 9.17) is 22.1 Å². The Morgan fingerprint density at radius 1 is 1.20 bits per heavy atom. The summed E-state index contributed by atoms with van der Waals surface area (Å²) in [5.74, 6) is 1.89. The van der Waals surface area contributed by atoms with Crippen molar-refractivity contribution in [3.05, 3.63) is 59.1 Å². The van der Waals surface area contributed by atoms with E-state index in [1.807, 2.05) is 41.9 Å². The summed E-state index contributed by atoms with van der Waals surface area (Å²) >= 11 is 7.81. The minimum atomic E-state index is 0.339. The van der Waals surface area contributed by atoms with Crippen LogP contribution in [0.25, 0.3) is 26.9 Å². The number of thiazole rings is 1. The molecule has 0 aliphatic carbocycles. The van der Waals surface area contributed by atoms with Gasteiger partial charge in [-0.05, 0) is 24.3 Å². The number of benzene rings is 1. The molecule has 8 nitrogen and oxygen atoms in total.